The number of rotatable bonds is 5. The van der Waals surface area contributed by atoms with E-state index in [1.54, 1.807) is 0 Å². The van der Waals surface area contributed by atoms with Crippen LogP contribution < -0.4 is 10.1 Å². The molecule has 1 aliphatic heterocycles. The summed E-state index contributed by atoms with van der Waals surface area (Å²) < 4.78 is 12.3. The van der Waals surface area contributed by atoms with Crippen LogP contribution in [0.4, 0.5) is 0 Å². The van der Waals surface area contributed by atoms with Crippen molar-refractivity contribution in [3.63, 3.8) is 0 Å². The van der Waals surface area contributed by atoms with Crippen molar-refractivity contribution < 1.29 is 9.47 Å². The molecule has 0 spiro atoms. The molecule has 0 amide bonds. The summed E-state index contributed by atoms with van der Waals surface area (Å²) in [5.41, 5.74) is 0. The molecule has 2 aromatic rings. The molecule has 0 bridgehead atoms. The van der Waals surface area contributed by atoms with Gasteiger partial charge in [0.2, 0.25) is 0 Å². The molecule has 3 nitrogen and oxygen atoms in total. The van der Waals surface area contributed by atoms with Gasteiger partial charge in [0.1, 0.15) is 12.4 Å². The van der Waals surface area contributed by atoms with Crippen molar-refractivity contribution in [3.8, 4) is 5.75 Å². The fourth-order valence-corrected chi connectivity index (χ4v) is 3.26. The number of benzene rings is 2. The molecule has 1 fully saturated rings. The molecule has 21 heavy (non-hydrogen) atoms. The van der Waals surface area contributed by atoms with Crippen LogP contribution >= 0.6 is 15.9 Å². The largest absolute Gasteiger partial charge is 0.491 e. The van der Waals surface area contributed by atoms with Gasteiger partial charge in [-0.05, 0) is 45.6 Å². The molecule has 0 atom stereocenters. The molecule has 4 heteroatoms. The predicted molar refractivity (Wildman–Crippen MR) is 89.0 cm³/mol. The van der Waals surface area contributed by atoms with Gasteiger partial charge in [0.05, 0.1) is 4.47 Å². The Balaban J connectivity index is 1.54. The Morgan fingerprint density at radius 2 is 1.95 bits per heavy atom. The summed E-state index contributed by atoms with van der Waals surface area (Å²) in [7, 11) is 0. The topological polar surface area (TPSA) is 30.5 Å². The van der Waals surface area contributed by atoms with E-state index >= 15 is 0 Å². The third kappa shape index (κ3) is 3.76. The van der Waals surface area contributed by atoms with Gasteiger partial charge in [-0.2, -0.15) is 0 Å². The van der Waals surface area contributed by atoms with Crippen LogP contribution in [0.1, 0.15) is 12.8 Å². The summed E-state index contributed by atoms with van der Waals surface area (Å²) in [6.07, 6.45) is 2.19. The lowest BCUT2D eigenvalue weighted by atomic mass is 10.1. The van der Waals surface area contributed by atoms with E-state index in [1.807, 2.05) is 18.2 Å². The van der Waals surface area contributed by atoms with Gasteiger partial charge in [0, 0.05) is 25.8 Å². The molecule has 0 unspecified atom stereocenters. The molecule has 1 N–H and O–H groups in total. The molecule has 112 valence electrons. The van der Waals surface area contributed by atoms with E-state index in [4.69, 9.17) is 9.47 Å². The summed E-state index contributed by atoms with van der Waals surface area (Å²) in [4.78, 5) is 0. The summed E-state index contributed by atoms with van der Waals surface area (Å²) in [6.45, 7) is 3.28. The van der Waals surface area contributed by atoms with Gasteiger partial charge in [0.15, 0.2) is 0 Å². The lowest BCUT2D eigenvalue weighted by Crippen LogP contribution is -2.37. The average Bonchev–Trinajstić information content (AvgIpc) is 2.55. The highest BCUT2D eigenvalue weighted by molar-refractivity contribution is 9.10. The predicted octanol–water partition coefficient (Wildman–Crippen LogP) is 3.75. The number of halogens is 1. The van der Waals surface area contributed by atoms with Gasteiger partial charge < -0.3 is 14.8 Å². The number of fused-ring (bicyclic) bond motifs is 1. The van der Waals surface area contributed by atoms with Crippen molar-refractivity contribution in [2.24, 2.45) is 0 Å². The first kappa shape index (κ1) is 14.8. The Morgan fingerprint density at radius 3 is 2.81 bits per heavy atom. The first-order chi connectivity index (χ1) is 10.3. The average molecular weight is 350 g/mol. The highest BCUT2D eigenvalue weighted by Crippen LogP contribution is 2.32. The van der Waals surface area contributed by atoms with Crippen LogP contribution in [0.5, 0.6) is 5.75 Å². The second-order valence-corrected chi connectivity index (χ2v) is 6.08. The van der Waals surface area contributed by atoms with Crippen molar-refractivity contribution >= 4 is 26.7 Å². The van der Waals surface area contributed by atoms with Crippen molar-refractivity contribution in [1.82, 2.24) is 5.32 Å². The van der Waals surface area contributed by atoms with Crippen LogP contribution in [0.15, 0.2) is 40.9 Å². The van der Waals surface area contributed by atoms with E-state index < -0.39 is 0 Å². The van der Waals surface area contributed by atoms with Gasteiger partial charge in [0.25, 0.3) is 0 Å². The van der Waals surface area contributed by atoms with E-state index in [0.29, 0.717) is 12.6 Å². The van der Waals surface area contributed by atoms with Gasteiger partial charge in [-0.3, -0.25) is 0 Å². The molecule has 0 aromatic heterocycles. The third-order valence-electron chi connectivity index (χ3n) is 3.84. The van der Waals surface area contributed by atoms with Crippen molar-refractivity contribution in [2.45, 2.75) is 18.9 Å². The zero-order chi connectivity index (χ0) is 14.5. The molecule has 1 saturated heterocycles. The van der Waals surface area contributed by atoms with Gasteiger partial charge >= 0.3 is 0 Å². The maximum Gasteiger partial charge on any atom is 0.134 e. The normalized spacial score (nSPS) is 16.2. The monoisotopic (exact) mass is 349 g/mol. The maximum absolute atomic E-state index is 5.90. The molecule has 0 aliphatic carbocycles. The standard InChI is InChI=1S/C17H20BrNO2/c18-17-15-4-2-1-3-13(15)5-6-16(17)21-12-9-19-14-7-10-20-11-8-14/h1-6,14,19H,7-12H2. The second kappa shape index (κ2) is 7.25. The maximum atomic E-state index is 5.90. The molecule has 0 radical (unpaired) electrons. The highest BCUT2D eigenvalue weighted by atomic mass is 79.9. The van der Waals surface area contributed by atoms with Gasteiger partial charge in [-0.25, -0.2) is 0 Å². The molecule has 0 saturated carbocycles. The Labute approximate surface area is 133 Å². The minimum atomic E-state index is 0.572. The lowest BCUT2D eigenvalue weighted by molar-refractivity contribution is 0.0770. The Hall–Kier alpha value is -1.10. The quantitative estimate of drug-likeness (QED) is 0.834. The summed E-state index contributed by atoms with van der Waals surface area (Å²) in [5, 5.41) is 5.94. The van der Waals surface area contributed by atoms with Crippen LogP contribution in [0.3, 0.4) is 0 Å². The number of hydrogen-bond acceptors (Lipinski definition) is 3. The van der Waals surface area contributed by atoms with Crippen molar-refractivity contribution in [1.29, 1.82) is 0 Å². The fraction of sp³-hybridized carbons (Fsp3) is 0.412. The van der Waals surface area contributed by atoms with Crippen LogP contribution in [0.2, 0.25) is 0 Å². The van der Waals surface area contributed by atoms with Gasteiger partial charge in [-0.15, -0.1) is 0 Å². The number of nitrogens with one attached hydrogen (secondary N) is 1. The van der Waals surface area contributed by atoms with Crippen LogP contribution in [-0.2, 0) is 4.74 Å². The van der Waals surface area contributed by atoms with Gasteiger partial charge in [-0.1, -0.05) is 30.3 Å². The smallest absolute Gasteiger partial charge is 0.134 e. The second-order valence-electron chi connectivity index (χ2n) is 5.29. The molecular formula is C17H20BrNO2. The van der Waals surface area contributed by atoms with E-state index in [1.165, 1.54) is 10.8 Å². The zero-order valence-electron chi connectivity index (χ0n) is 12.0. The van der Waals surface area contributed by atoms with E-state index in [9.17, 15) is 0 Å². The first-order valence-corrected chi connectivity index (χ1v) is 8.25. The van der Waals surface area contributed by atoms with Crippen molar-refractivity contribution in [3.05, 3.63) is 40.9 Å². The van der Waals surface area contributed by atoms with E-state index in [2.05, 4.69) is 39.4 Å². The van der Waals surface area contributed by atoms with Crippen molar-refractivity contribution in [2.75, 3.05) is 26.4 Å². The molecule has 2 aromatic carbocycles. The molecular weight excluding hydrogens is 330 g/mol. The molecule has 1 aliphatic rings. The van der Waals surface area contributed by atoms with E-state index in [-0.39, 0.29) is 0 Å². The Kier molecular flexibility index (Phi) is 5.12. The third-order valence-corrected chi connectivity index (χ3v) is 4.66. The SMILES string of the molecule is Brc1c(OCCNC2CCOCC2)ccc2ccccc12. The summed E-state index contributed by atoms with van der Waals surface area (Å²) in [5.74, 6) is 0.905. The minimum Gasteiger partial charge on any atom is -0.491 e. The lowest BCUT2D eigenvalue weighted by Gasteiger charge is -2.23. The highest BCUT2D eigenvalue weighted by Gasteiger charge is 2.12. The van der Waals surface area contributed by atoms with Crippen LogP contribution in [0.25, 0.3) is 10.8 Å². The number of hydrogen-bond donors (Lipinski definition) is 1. The minimum absolute atomic E-state index is 0.572. The zero-order valence-corrected chi connectivity index (χ0v) is 13.6. The Bertz CT molecular complexity index is 596. The van der Waals surface area contributed by atoms with E-state index in [0.717, 1.165) is 42.8 Å². The summed E-state index contributed by atoms with van der Waals surface area (Å²) >= 11 is 3.65. The molecule has 3 rings (SSSR count). The summed E-state index contributed by atoms with van der Waals surface area (Å²) in [6, 6.07) is 13.0. The molecule has 1 heterocycles. The van der Waals surface area contributed by atoms with Crippen LogP contribution in [0, 0.1) is 0 Å². The number of ether oxygens (including phenoxy) is 2. The van der Waals surface area contributed by atoms with Crippen LogP contribution in [-0.4, -0.2) is 32.4 Å². The fourth-order valence-electron chi connectivity index (χ4n) is 2.65. The Morgan fingerprint density at radius 1 is 1.14 bits per heavy atom. The first-order valence-electron chi connectivity index (χ1n) is 7.46.